The highest BCUT2D eigenvalue weighted by molar-refractivity contribution is 5.37. The number of allylic oxidation sites excluding steroid dienone is 1. The van der Waals surface area contributed by atoms with Gasteiger partial charge in [-0.15, -0.1) is 0 Å². The van der Waals surface area contributed by atoms with E-state index in [-0.39, 0.29) is 0 Å². The lowest BCUT2D eigenvalue weighted by molar-refractivity contribution is 1.03. The second kappa shape index (κ2) is 2.91. The normalized spacial score (nSPS) is 10.3. The summed E-state index contributed by atoms with van der Waals surface area (Å²) >= 11 is 0. The van der Waals surface area contributed by atoms with E-state index in [4.69, 9.17) is 0 Å². The number of hydrogen-bond acceptors (Lipinski definition) is 3. The fourth-order valence-corrected chi connectivity index (χ4v) is 0.483. The number of nitrogens with zero attached hydrogens (tertiary/aromatic N) is 3. The topological polar surface area (TPSA) is 38.7 Å². The summed E-state index contributed by atoms with van der Waals surface area (Å²) in [7, 11) is 0. The van der Waals surface area contributed by atoms with E-state index < -0.39 is 0 Å². The summed E-state index contributed by atoms with van der Waals surface area (Å²) in [5.41, 5.74) is 0. The van der Waals surface area contributed by atoms with E-state index in [9.17, 15) is 0 Å². The van der Waals surface area contributed by atoms with E-state index in [0.29, 0.717) is 5.82 Å². The van der Waals surface area contributed by atoms with Gasteiger partial charge in [-0.1, -0.05) is 6.08 Å². The molecular formula is C6H7N3. The van der Waals surface area contributed by atoms with Crippen LogP contribution in [-0.4, -0.2) is 15.0 Å². The summed E-state index contributed by atoms with van der Waals surface area (Å²) in [5, 5.41) is 0. The molecule has 1 heterocycles. The molecule has 0 N–H and O–H groups in total. The van der Waals surface area contributed by atoms with Crippen LogP contribution in [0.3, 0.4) is 0 Å². The molecular weight excluding hydrogens is 114 g/mol. The summed E-state index contributed by atoms with van der Waals surface area (Å²) in [6.07, 6.45) is 6.65. The highest BCUT2D eigenvalue weighted by Crippen LogP contribution is 1.86. The van der Waals surface area contributed by atoms with Crippen LogP contribution in [-0.2, 0) is 0 Å². The van der Waals surface area contributed by atoms with Crippen molar-refractivity contribution in [2.75, 3.05) is 0 Å². The molecule has 0 spiro atoms. The quantitative estimate of drug-likeness (QED) is 0.554. The van der Waals surface area contributed by atoms with Gasteiger partial charge in [0.05, 0.1) is 0 Å². The van der Waals surface area contributed by atoms with Crippen molar-refractivity contribution in [1.29, 1.82) is 0 Å². The van der Waals surface area contributed by atoms with Gasteiger partial charge in [-0.2, -0.15) is 0 Å². The molecule has 9 heavy (non-hydrogen) atoms. The second-order valence-corrected chi connectivity index (χ2v) is 1.50. The van der Waals surface area contributed by atoms with E-state index in [0.717, 1.165) is 0 Å². The molecule has 0 saturated carbocycles. The molecule has 0 saturated heterocycles. The van der Waals surface area contributed by atoms with Crippen LogP contribution in [0.15, 0.2) is 18.7 Å². The smallest absolute Gasteiger partial charge is 0.155 e. The average Bonchev–Trinajstić information content (AvgIpc) is 1.91. The fraction of sp³-hybridized carbons (Fsp3) is 0.167. The highest BCUT2D eigenvalue weighted by Gasteiger charge is 1.81. The predicted octanol–water partition coefficient (Wildman–Crippen LogP) is 0.905. The summed E-state index contributed by atoms with van der Waals surface area (Å²) < 4.78 is 0. The van der Waals surface area contributed by atoms with Gasteiger partial charge in [0.2, 0.25) is 0 Å². The Morgan fingerprint density at radius 3 is 2.56 bits per heavy atom. The zero-order chi connectivity index (χ0) is 6.53. The summed E-state index contributed by atoms with van der Waals surface area (Å²) in [6, 6.07) is 0. The van der Waals surface area contributed by atoms with Gasteiger partial charge in [-0.3, -0.25) is 0 Å². The summed E-state index contributed by atoms with van der Waals surface area (Å²) in [6.45, 7) is 1.92. The van der Waals surface area contributed by atoms with Crippen molar-refractivity contribution in [3.8, 4) is 0 Å². The lowest BCUT2D eigenvalue weighted by Gasteiger charge is -1.84. The third-order valence-corrected chi connectivity index (χ3v) is 0.829. The van der Waals surface area contributed by atoms with E-state index in [1.807, 2.05) is 19.1 Å². The molecule has 0 radical (unpaired) electrons. The van der Waals surface area contributed by atoms with Crippen LogP contribution < -0.4 is 0 Å². The second-order valence-electron chi connectivity index (χ2n) is 1.50. The predicted molar refractivity (Wildman–Crippen MR) is 34.5 cm³/mol. The third kappa shape index (κ3) is 1.60. The monoisotopic (exact) mass is 121 g/mol. The molecule has 1 aromatic heterocycles. The summed E-state index contributed by atoms with van der Waals surface area (Å²) in [4.78, 5) is 11.4. The molecule has 0 aromatic carbocycles. The van der Waals surface area contributed by atoms with Crippen LogP contribution in [0.5, 0.6) is 0 Å². The van der Waals surface area contributed by atoms with Crippen molar-refractivity contribution in [3.63, 3.8) is 0 Å². The highest BCUT2D eigenvalue weighted by atomic mass is 15.0. The Morgan fingerprint density at radius 1 is 1.33 bits per heavy atom. The molecule has 3 heteroatoms. The van der Waals surface area contributed by atoms with Gasteiger partial charge in [0.1, 0.15) is 12.7 Å². The molecule has 0 aliphatic heterocycles. The fourth-order valence-electron chi connectivity index (χ4n) is 0.483. The van der Waals surface area contributed by atoms with Crippen molar-refractivity contribution < 1.29 is 0 Å². The van der Waals surface area contributed by atoms with E-state index >= 15 is 0 Å². The van der Waals surface area contributed by atoms with Crippen molar-refractivity contribution in [2.45, 2.75) is 6.92 Å². The maximum atomic E-state index is 3.86. The zero-order valence-corrected chi connectivity index (χ0v) is 5.15. The maximum absolute atomic E-state index is 3.86. The summed E-state index contributed by atoms with van der Waals surface area (Å²) in [5.74, 6) is 0.701. The average molecular weight is 121 g/mol. The Labute approximate surface area is 53.5 Å². The van der Waals surface area contributed by atoms with Crippen LogP contribution in [0.4, 0.5) is 0 Å². The van der Waals surface area contributed by atoms with E-state index in [1.54, 1.807) is 0 Å². The van der Waals surface area contributed by atoms with Crippen LogP contribution >= 0.6 is 0 Å². The van der Waals surface area contributed by atoms with Crippen molar-refractivity contribution >= 4 is 6.08 Å². The van der Waals surface area contributed by atoms with Crippen molar-refractivity contribution in [1.82, 2.24) is 15.0 Å². The molecule has 0 fully saturated rings. The van der Waals surface area contributed by atoms with Crippen molar-refractivity contribution in [3.05, 3.63) is 24.6 Å². The largest absolute Gasteiger partial charge is 0.225 e. The first-order valence-electron chi connectivity index (χ1n) is 2.68. The van der Waals surface area contributed by atoms with Crippen molar-refractivity contribution in [2.24, 2.45) is 0 Å². The Kier molecular flexibility index (Phi) is 1.90. The molecule has 3 nitrogen and oxygen atoms in total. The minimum Gasteiger partial charge on any atom is -0.225 e. The molecule has 46 valence electrons. The molecule has 1 aromatic rings. The zero-order valence-electron chi connectivity index (χ0n) is 5.15. The number of hydrogen-bond donors (Lipinski definition) is 0. The Morgan fingerprint density at radius 2 is 2.00 bits per heavy atom. The van der Waals surface area contributed by atoms with Crippen LogP contribution in [0.1, 0.15) is 12.7 Å². The molecule has 0 amide bonds. The number of rotatable bonds is 1. The van der Waals surface area contributed by atoms with Gasteiger partial charge >= 0.3 is 0 Å². The standard InChI is InChI=1S/C6H7N3/c1-2-3-6-8-4-7-5-9-6/h2-5H,1H3. The molecule has 0 aliphatic rings. The van der Waals surface area contributed by atoms with Gasteiger partial charge in [0.15, 0.2) is 5.82 Å². The molecule has 0 unspecified atom stereocenters. The Hall–Kier alpha value is -1.25. The third-order valence-electron chi connectivity index (χ3n) is 0.829. The van der Waals surface area contributed by atoms with Crippen LogP contribution in [0.2, 0.25) is 0 Å². The maximum Gasteiger partial charge on any atom is 0.155 e. The van der Waals surface area contributed by atoms with Gasteiger partial charge in [0.25, 0.3) is 0 Å². The van der Waals surface area contributed by atoms with Gasteiger partial charge in [0, 0.05) is 0 Å². The minimum absolute atomic E-state index is 0.701. The van der Waals surface area contributed by atoms with E-state index in [2.05, 4.69) is 15.0 Å². The molecule has 1 rings (SSSR count). The van der Waals surface area contributed by atoms with Crippen LogP contribution in [0, 0.1) is 0 Å². The lowest BCUT2D eigenvalue weighted by Crippen LogP contribution is -1.85. The van der Waals surface area contributed by atoms with Gasteiger partial charge < -0.3 is 0 Å². The lowest BCUT2D eigenvalue weighted by atomic mass is 10.5. The Bertz CT molecular complexity index is 193. The van der Waals surface area contributed by atoms with Gasteiger partial charge in [-0.05, 0) is 13.0 Å². The first kappa shape index (κ1) is 5.88. The minimum atomic E-state index is 0.701. The van der Waals surface area contributed by atoms with Crippen LogP contribution in [0.25, 0.3) is 6.08 Å². The molecule has 0 atom stereocenters. The Balaban J connectivity index is 2.85. The van der Waals surface area contributed by atoms with Gasteiger partial charge in [-0.25, -0.2) is 15.0 Å². The SMILES string of the molecule is CC=Cc1ncncn1. The first-order valence-corrected chi connectivity index (χ1v) is 2.68. The first-order chi connectivity index (χ1) is 4.43. The number of aromatic nitrogens is 3. The van der Waals surface area contributed by atoms with E-state index in [1.165, 1.54) is 12.7 Å². The molecule has 0 aliphatic carbocycles. The molecule has 0 bridgehead atoms.